The fourth-order valence-electron chi connectivity index (χ4n) is 7.94. The monoisotopic (exact) mass is 638 g/mol. The maximum absolute atomic E-state index is 2.52. The summed E-state index contributed by atoms with van der Waals surface area (Å²) in [5.41, 5.74) is 10.3. The Morgan fingerprint density at radius 3 is 1.37 bits per heavy atom. The maximum Gasteiger partial charge on any atom is -0.00197 e. The van der Waals surface area contributed by atoms with E-state index in [1.807, 2.05) is 0 Å². The molecule has 0 radical (unpaired) electrons. The second-order valence-electron chi connectivity index (χ2n) is 12.9. The van der Waals surface area contributed by atoms with Crippen LogP contribution in [0.4, 0.5) is 0 Å². The molecule has 228 valence electrons. The van der Waals surface area contributed by atoms with Crippen LogP contribution in [0.2, 0.25) is 0 Å². The molecule has 1 aliphatic carbocycles. The standard InChI is InChI=1S/C48H31P/c1-3-12-32(13-4-1)34-22-26-37(27-23-34)49(38-28-24-35(25-29-38)33-14-5-2-6-15-33)46-31-36-30-45-40-17-8-7-16-39(40)42-20-11-21-44(48(42)45)47(36)43-19-10-9-18-41(43)46/h1-31H. The molecule has 0 heterocycles. The van der Waals surface area contributed by atoms with Gasteiger partial charge in [0.25, 0.3) is 0 Å². The second-order valence-corrected chi connectivity index (χ2v) is 15.1. The summed E-state index contributed by atoms with van der Waals surface area (Å²) in [6.45, 7) is 0. The van der Waals surface area contributed by atoms with Gasteiger partial charge in [-0.05, 0) is 113 Å². The molecule has 0 N–H and O–H groups in total. The molecule has 0 unspecified atom stereocenters. The molecular weight excluding hydrogens is 608 g/mol. The molecule has 0 saturated heterocycles. The van der Waals surface area contributed by atoms with E-state index in [0.29, 0.717) is 0 Å². The zero-order valence-corrected chi connectivity index (χ0v) is 27.7. The lowest BCUT2D eigenvalue weighted by molar-refractivity contribution is 1.63. The van der Waals surface area contributed by atoms with E-state index in [-0.39, 0.29) is 0 Å². The van der Waals surface area contributed by atoms with E-state index in [4.69, 9.17) is 0 Å². The molecule has 10 rings (SSSR count). The van der Waals surface area contributed by atoms with Gasteiger partial charge < -0.3 is 0 Å². The Morgan fingerprint density at radius 1 is 0.286 bits per heavy atom. The lowest BCUT2D eigenvalue weighted by atomic mass is 9.93. The first-order valence-electron chi connectivity index (χ1n) is 16.9. The van der Waals surface area contributed by atoms with E-state index in [0.717, 1.165) is 0 Å². The van der Waals surface area contributed by atoms with Gasteiger partial charge >= 0.3 is 0 Å². The van der Waals surface area contributed by atoms with Crippen LogP contribution in [0.5, 0.6) is 0 Å². The van der Waals surface area contributed by atoms with Gasteiger partial charge in [-0.3, -0.25) is 0 Å². The lowest BCUT2D eigenvalue weighted by Gasteiger charge is -2.23. The highest BCUT2D eigenvalue weighted by molar-refractivity contribution is 7.80. The summed E-state index contributed by atoms with van der Waals surface area (Å²) in [7, 11) is -0.878. The van der Waals surface area contributed by atoms with Crippen molar-refractivity contribution in [2.24, 2.45) is 0 Å². The molecule has 0 aliphatic heterocycles. The topological polar surface area (TPSA) is 0 Å². The Balaban J connectivity index is 1.23. The Bertz CT molecular complexity index is 2590. The SMILES string of the molecule is c1ccc(-c2ccc(P(c3ccc(-c4ccccc4)cc3)c3cc4cc5c6c(cccc6c4c4ccccc34)-c3ccccc3-5)cc2)cc1. The molecule has 0 nitrogen and oxygen atoms in total. The molecule has 49 heavy (non-hydrogen) atoms. The Hall–Kier alpha value is -5.81. The summed E-state index contributed by atoms with van der Waals surface area (Å²) in [5, 5.41) is 12.1. The van der Waals surface area contributed by atoms with Crippen LogP contribution in [0.25, 0.3) is 76.8 Å². The predicted molar refractivity (Wildman–Crippen MR) is 213 cm³/mol. The van der Waals surface area contributed by atoms with Gasteiger partial charge in [0.2, 0.25) is 0 Å². The first-order valence-corrected chi connectivity index (χ1v) is 18.3. The Kier molecular flexibility index (Phi) is 6.57. The molecule has 0 atom stereocenters. The zero-order chi connectivity index (χ0) is 32.3. The molecule has 0 spiro atoms. The van der Waals surface area contributed by atoms with Gasteiger partial charge in [0, 0.05) is 0 Å². The predicted octanol–water partition coefficient (Wildman–Crippen LogP) is 11.9. The van der Waals surface area contributed by atoms with Crippen molar-refractivity contribution in [2.75, 3.05) is 0 Å². The number of rotatable bonds is 5. The smallest absolute Gasteiger partial charge is 0.00197 e. The summed E-state index contributed by atoms with van der Waals surface area (Å²) >= 11 is 0. The number of hydrogen-bond acceptors (Lipinski definition) is 0. The van der Waals surface area contributed by atoms with Crippen LogP contribution in [-0.2, 0) is 0 Å². The number of benzene rings is 9. The summed E-state index contributed by atoms with van der Waals surface area (Å²) in [6, 6.07) is 69.8. The van der Waals surface area contributed by atoms with Crippen molar-refractivity contribution in [3.05, 3.63) is 188 Å². The molecule has 0 bridgehead atoms. The minimum Gasteiger partial charge on any atom is -0.0622 e. The molecule has 0 fully saturated rings. The van der Waals surface area contributed by atoms with Gasteiger partial charge in [-0.2, -0.15) is 0 Å². The van der Waals surface area contributed by atoms with Gasteiger partial charge in [-0.15, -0.1) is 0 Å². The van der Waals surface area contributed by atoms with E-state index in [2.05, 4.69) is 188 Å². The fraction of sp³-hybridized carbons (Fsp3) is 0. The highest BCUT2D eigenvalue weighted by atomic mass is 31.1. The van der Waals surface area contributed by atoms with E-state index in [1.165, 1.54) is 92.7 Å². The summed E-state index contributed by atoms with van der Waals surface area (Å²) in [4.78, 5) is 0. The summed E-state index contributed by atoms with van der Waals surface area (Å²) in [5.74, 6) is 0. The van der Waals surface area contributed by atoms with Gasteiger partial charge in [0.15, 0.2) is 0 Å². The fourth-order valence-corrected chi connectivity index (χ4v) is 10.4. The quantitative estimate of drug-likeness (QED) is 0.130. The minimum atomic E-state index is -0.878. The van der Waals surface area contributed by atoms with Crippen LogP contribution in [-0.4, -0.2) is 0 Å². The van der Waals surface area contributed by atoms with Crippen molar-refractivity contribution in [1.29, 1.82) is 0 Å². The van der Waals surface area contributed by atoms with E-state index in [1.54, 1.807) is 0 Å². The average molecular weight is 639 g/mol. The summed E-state index contributed by atoms with van der Waals surface area (Å²) < 4.78 is 0. The van der Waals surface area contributed by atoms with Gasteiger partial charge in [-0.1, -0.05) is 176 Å². The highest BCUT2D eigenvalue weighted by Gasteiger charge is 2.25. The third-order valence-corrected chi connectivity index (χ3v) is 12.7. The molecule has 0 amide bonds. The number of hydrogen-bond donors (Lipinski definition) is 0. The third-order valence-electron chi connectivity index (χ3n) is 10.2. The second kappa shape index (κ2) is 11.4. The van der Waals surface area contributed by atoms with Crippen molar-refractivity contribution < 1.29 is 0 Å². The molecule has 0 saturated carbocycles. The average Bonchev–Trinajstić information content (AvgIpc) is 3.50. The maximum atomic E-state index is 2.52. The molecular formula is C48H31P. The van der Waals surface area contributed by atoms with Gasteiger partial charge in [0.1, 0.15) is 0 Å². The third kappa shape index (κ3) is 4.56. The van der Waals surface area contributed by atoms with E-state index < -0.39 is 7.92 Å². The van der Waals surface area contributed by atoms with Crippen LogP contribution in [0.15, 0.2) is 188 Å². The molecule has 9 aromatic rings. The Morgan fingerprint density at radius 2 is 0.755 bits per heavy atom. The number of fused-ring (bicyclic) bond motifs is 7. The van der Waals surface area contributed by atoms with Crippen LogP contribution in [0, 0.1) is 0 Å². The molecule has 9 aromatic carbocycles. The zero-order valence-electron chi connectivity index (χ0n) is 26.8. The van der Waals surface area contributed by atoms with Crippen molar-refractivity contribution in [3.8, 4) is 44.5 Å². The Labute approximate surface area is 287 Å². The van der Waals surface area contributed by atoms with Crippen molar-refractivity contribution >= 4 is 56.2 Å². The molecule has 1 heteroatoms. The van der Waals surface area contributed by atoms with E-state index >= 15 is 0 Å². The van der Waals surface area contributed by atoms with Crippen molar-refractivity contribution in [3.63, 3.8) is 0 Å². The van der Waals surface area contributed by atoms with Crippen molar-refractivity contribution in [2.45, 2.75) is 0 Å². The van der Waals surface area contributed by atoms with Crippen LogP contribution in [0.1, 0.15) is 0 Å². The lowest BCUT2D eigenvalue weighted by Crippen LogP contribution is -2.21. The first kappa shape index (κ1) is 28.2. The summed E-state index contributed by atoms with van der Waals surface area (Å²) in [6.07, 6.45) is 0. The van der Waals surface area contributed by atoms with Crippen LogP contribution >= 0.6 is 7.92 Å². The minimum absolute atomic E-state index is 0.878. The molecule has 1 aliphatic rings. The van der Waals surface area contributed by atoms with Gasteiger partial charge in [-0.25, -0.2) is 0 Å². The normalized spacial score (nSPS) is 11.9. The largest absolute Gasteiger partial charge is 0.0622 e. The van der Waals surface area contributed by atoms with Crippen LogP contribution in [0.3, 0.4) is 0 Å². The van der Waals surface area contributed by atoms with E-state index in [9.17, 15) is 0 Å². The van der Waals surface area contributed by atoms with Crippen molar-refractivity contribution in [1.82, 2.24) is 0 Å². The van der Waals surface area contributed by atoms with Crippen LogP contribution < -0.4 is 15.9 Å². The first-order chi connectivity index (χ1) is 24.3. The van der Waals surface area contributed by atoms with Gasteiger partial charge in [0.05, 0.1) is 0 Å². The molecule has 0 aromatic heterocycles. The highest BCUT2D eigenvalue weighted by Crippen LogP contribution is 2.50.